The lowest BCUT2D eigenvalue weighted by molar-refractivity contribution is 0.0321. The van der Waals surface area contributed by atoms with E-state index in [9.17, 15) is 0 Å². The van der Waals surface area contributed by atoms with Crippen molar-refractivity contribution in [1.29, 1.82) is 0 Å². The molecule has 3 aromatic heterocycles. The third-order valence-corrected chi connectivity index (χ3v) is 9.29. The summed E-state index contributed by atoms with van der Waals surface area (Å²) in [7, 11) is 4.18. The van der Waals surface area contributed by atoms with Crippen LogP contribution in [-0.4, -0.2) is 42.0 Å². The number of aromatic nitrogens is 6. The van der Waals surface area contributed by atoms with Gasteiger partial charge in [0.15, 0.2) is 0 Å². The van der Waals surface area contributed by atoms with Crippen LogP contribution in [0, 0.1) is 19.3 Å². The molecule has 1 saturated heterocycles. The maximum Gasteiger partial charge on any atom is 0.112 e. The van der Waals surface area contributed by atoms with Gasteiger partial charge in [-0.05, 0) is 65.8 Å². The minimum Gasteiger partial charge on any atom is -0.330 e. The Morgan fingerprint density at radius 3 is 2.59 bits per heavy atom. The Morgan fingerprint density at radius 1 is 1.19 bits per heavy atom. The van der Waals surface area contributed by atoms with E-state index in [0.29, 0.717) is 17.7 Å². The van der Waals surface area contributed by atoms with Crippen molar-refractivity contribution < 1.29 is 0 Å². The second-order valence-corrected chi connectivity index (χ2v) is 11.6. The zero-order valence-electron chi connectivity index (χ0n) is 18.8. The molecule has 1 atom stereocenters. The van der Waals surface area contributed by atoms with E-state index in [0.717, 1.165) is 30.0 Å². The van der Waals surface area contributed by atoms with Gasteiger partial charge < -0.3 is 9.88 Å². The second kappa shape index (κ2) is 7.37. The molecule has 2 fully saturated rings. The highest BCUT2D eigenvalue weighted by molar-refractivity contribution is 14.2. The number of fused-ring (bicyclic) bond motifs is 1. The van der Waals surface area contributed by atoms with Crippen molar-refractivity contribution in [3.8, 4) is 22.5 Å². The Labute approximate surface area is 202 Å². The standard InChI is InChI=1S/C23H27IN7P/c1-13-5-6-18-16(9-26-31(18)32-24)19(13)21-20(17-10-29(3)28-14(17)2)27-22(30(21)4)15-7-23(8-15)11-25-12-23/h5-6,9-10,15,25,32H,7-8,11-12H2,1-4H3. The van der Waals surface area contributed by atoms with Crippen molar-refractivity contribution in [3.05, 3.63) is 41.6 Å². The molecule has 1 aromatic carbocycles. The van der Waals surface area contributed by atoms with Crippen LogP contribution in [0.3, 0.4) is 0 Å². The predicted octanol–water partition coefficient (Wildman–Crippen LogP) is 4.71. The molecule has 4 heterocycles. The van der Waals surface area contributed by atoms with Crippen LogP contribution >= 0.6 is 28.4 Å². The van der Waals surface area contributed by atoms with Crippen molar-refractivity contribution in [2.45, 2.75) is 32.6 Å². The number of rotatable bonds is 4. The van der Waals surface area contributed by atoms with Crippen LogP contribution in [-0.2, 0) is 14.1 Å². The number of nitrogens with one attached hydrogen (secondary N) is 1. The molecule has 1 saturated carbocycles. The van der Waals surface area contributed by atoms with E-state index in [2.05, 4.69) is 85.8 Å². The second-order valence-electron chi connectivity index (χ2n) is 9.57. The molecule has 32 heavy (non-hydrogen) atoms. The van der Waals surface area contributed by atoms with E-state index in [1.165, 1.54) is 46.4 Å². The molecule has 9 heteroatoms. The molecule has 1 unspecified atom stereocenters. The number of benzene rings is 1. The summed E-state index contributed by atoms with van der Waals surface area (Å²) in [5.41, 5.74) is 8.53. The van der Waals surface area contributed by atoms with Crippen LogP contribution in [0.15, 0.2) is 24.5 Å². The van der Waals surface area contributed by atoms with Gasteiger partial charge in [0.1, 0.15) is 11.5 Å². The lowest BCUT2D eigenvalue weighted by Crippen LogP contribution is -2.59. The Kier molecular flexibility index (Phi) is 4.79. The van der Waals surface area contributed by atoms with Gasteiger partial charge in [-0.3, -0.25) is 4.68 Å². The van der Waals surface area contributed by atoms with E-state index >= 15 is 0 Å². The van der Waals surface area contributed by atoms with Crippen LogP contribution < -0.4 is 5.32 Å². The van der Waals surface area contributed by atoms with Crippen LogP contribution in [0.4, 0.5) is 0 Å². The number of hydrogen-bond donors (Lipinski definition) is 1. The van der Waals surface area contributed by atoms with Crippen molar-refractivity contribution in [2.75, 3.05) is 13.1 Å². The zero-order chi connectivity index (χ0) is 22.2. The van der Waals surface area contributed by atoms with Crippen LogP contribution in [0.25, 0.3) is 33.4 Å². The van der Waals surface area contributed by atoms with E-state index in [1.807, 2.05) is 17.9 Å². The van der Waals surface area contributed by atoms with E-state index in [1.54, 1.807) is 0 Å². The SMILES string of the molecule is Cc1ccc2c(cnn2PI)c1-c1c(-c2cn(C)nc2C)nc(C2CC3(CNC3)C2)n1C. The first-order valence-electron chi connectivity index (χ1n) is 11.0. The van der Waals surface area contributed by atoms with Crippen molar-refractivity contribution in [3.63, 3.8) is 0 Å². The van der Waals surface area contributed by atoms with Crippen molar-refractivity contribution in [1.82, 2.24) is 34.2 Å². The summed E-state index contributed by atoms with van der Waals surface area (Å²) in [4.78, 5) is 5.31. The highest BCUT2D eigenvalue weighted by Gasteiger charge is 2.50. The minimum absolute atomic E-state index is 0.513. The molecule has 0 bridgehead atoms. The Morgan fingerprint density at radius 2 is 1.97 bits per heavy atom. The molecule has 1 spiro atoms. The van der Waals surface area contributed by atoms with Gasteiger partial charge in [0, 0.05) is 55.8 Å². The first-order chi connectivity index (χ1) is 15.4. The number of nitrogens with zero attached hydrogens (tertiary/aromatic N) is 6. The number of aryl methyl sites for hydroxylation is 3. The van der Waals surface area contributed by atoms with E-state index < -0.39 is 0 Å². The van der Waals surface area contributed by atoms with Gasteiger partial charge in [-0.1, -0.05) is 6.07 Å². The third kappa shape index (κ3) is 2.95. The Bertz CT molecular complexity index is 1350. The molecule has 1 N–H and O–H groups in total. The van der Waals surface area contributed by atoms with Gasteiger partial charge in [0.05, 0.1) is 29.5 Å². The molecular formula is C23H27IN7P. The number of halogens is 1. The molecule has 7 nitrogen and oxygen atoms in total. The van der Waals surface area contributed by atoms with Crippen molar-refractivity contribution in [2.24, 2.45) is 19.5 Å². The van der Waals surface area contributed by atoms with Gasteiger partial charge in [-0.15, -0.1) is 0 Å². The summed E-state index contributed by atoms with van der Waals surface area (Å²) in [6.07, 6.45) is 7.16. The molecule has 6 rings (SSSR count). The highest BCUT2D eigenvalue weighted by atomic mass is 127. The Hall–Kier alpha value is -1.77. The summed E-state index contributed by atoms with van der Waals surface area (Å²) >= 11 is 2.40. The van der Waals surface area contributed by atoms with E-state index in [-0.39, 0.29) is 0 Å². The Balaban J connectivity index is 1.59. The largest absolute Gasteiger partial charge is 0.330 e. The van der Waals surface area contributed by atoms with Gasteiger partial charge in [-0.2, -0.15) is 10.2 Å². The van der Waals surface area contributed by atoms with Gasteiger partial charge >= 0.3 is 0 Å². The van der Waals surface area contributed by atoms with Crippen LogP contribution in [0.1, 0.15) is 35.8 Å². The fourth-order valence-electron chi connectivity index (χ4n) is 5.71. The molecule has 166 valence electrons. The molecule has 1 aliphatic carbocycles. The number of imidazole rings is 1. The summed E-state index contributed by atoms with van der Waals surface area (Å²) in [6, 6.07) is 4.41. The summed E-state index contributed by atoms with van der Waals surface area (Å²) in [5, 5.41) is 14.0. The topological polar surface area (TPSA) is 65.5 Å². The average molecular weight is 559 g/mol. The van der Waals surface area contributed by atoms with Crippen molar-refractivity contribution >= 4 is 39.3 Å². The molecule has 0 radical (unpaired) electrons. The molecule has 2 aliphatic rings. The summed E-state index contributed by atoms with van der Waals surface area (Å²) in [5.74, 6) is 1.72. The van der Waals surface area contributed by atoms with Crippen LogP contribution in [0.2, 0.25) is 0 Å². The minimum atomic E-state index is 0.513. The smallest absolute Gasteiger partial charge is 0.112 e. The van der Waals surface area contributed by atoms with Crippen LogP contribution in [0.5, 0.6) is 0 Å². The summed E-state index contributed by atoms with van der Waals surface area (Å²) < 4.78 is 6.34. The van der Waals surface area contributed by atoms with Gasteiger partial charge in [0.25, 0.3) is 0 Å². The first kappa shape index (κ1) is 20.8. The van der Waals surface area contributed by atoms with Gasteiger partial charge in [0.2, 0.25) is 0 Å². The molecule has 1 aliphatic heterocycles. The van der Waals surface area contributed by atoms with Gasteiger partial charge in [-0.25, -0.2) is 9.44 Å². The lowest BCUT2D eigenvalue weighted by Gasteiger charge is -2.54. The normalized spacial score (nSPS) is 18.2. The fraction of sp³-hybridized carbons (Fsp3) is 0.435. The quantitative estimate of drug-likeness (QED) is 0.291. The number of hydrogen-bond acceptors (Lipinski definition) is 4. The van der Waals surface area contributed by atoms with E-state index in [4.69, 9.17) is 4.98 Å². The zero-order valence-corrected chi connectivity index (χ0v) is 21.9. The monoisotopic (exact) mass is 559 g/mol. The highest BCUT2D eigenvalue weighted by Crippen LogP contribution is 2.54. The third-order valence-electron chi connectivity index (χ3n) is 7.40. The molecule has 0 amide bonds. The average Bonchev–Trinajstić information content (AvgIpc) is 3.35. The molecule has 4 aromatic rings. The maximum atomic E-state index is 5.31. The first-order valence-corrected chi connectivity index (χ1v) is 15.1. The summed E-state index contributed by atoms with van der Waals surface area (Å²) in [6.45, 7) is 6.59. The fourth-order valence-corrected chi connectivity index (χ4v) is 7.26. The predicted molar refractivity (Wildman–Crippen MR) is 139 cm³/mol. The maximum absolute atomic E-state index is 5.31. The molecular weight excluding hydrogens is 532 g/mol. The lowest BCUT2D eigenvalue weighted by atomic mass is 9.58.